The molecule has 0 radical (unpaired) electrons. The van der Waals surface area contributed by atoms with E-state index in [-0.39, 0.29) is 10.5 Å². The van der Waals surface area contributed by atoms with Crippen LogP contribution in [-0.4, -0.2) is 24.9 Å². The molecule has 3 rings (SSSR count). The molecule has 7 nitrogen and oxygen atoms in total. The van der Waals surface area contributed by atoms with Gasteiger partial charge in [-0.3, -0.25) is 14.7 Å². The fourth-order valence-corrected chi connectivity index (χ4v) is 3.78. The van der Waals surface area contributed by atoms with E-state index < -0.39 is 27.6 Å². The standard InChI is InChI=1S/C13H10N2O5S2/c16-11-13(15-12(17)14-11,10-5-2-6-21-10)8-3-1-4-9(7-8)22(18,19)20/h1-7H,(H,18,19,20)(H2,14,15,16,17). The number of benzene rings is 1. The summed E-state index contributed by atoms with van der Waals surface area (Å²) in [5.41, 5.74) is -1.26. The molecule has 1 aromatic carbocycles. The van der Waals surface area contributed by atoms with Crippen molar-refractivity contribution in [2.45, 2.75) is 10.4 Å². The summed E-state index contributed by atoms with van der Waals surface area (Å²) >= 11 is 1.25. The lowest BCUT2D eigenvalue weighted by molar-refractivity contribution is -0.122. The van der Waals surface area contributed by atoms with Crippen LogP contribution < -0.4 is 10.6 Å². The molecule has 2 heterocycles. The lowest BCUT2D eigenvalue weighted by Gasteiger charge is -2.25. The molecule has 114 valence electrons. The maximum Gasteiger partial charge on any atom is 0.322 e. The van der Waals surface area contributed by atoms with Crippen molar-refractivity contribution in [2.75, 3.05) is 0 Å². The second kappa shape index (κ2) is 4.90. The van der Waals surface area contributed by atoms with Crippen molar-refractivity contribution in [2.24, 2.45) is 0 Å². The van der Waals surface area contributed by atoms with E-state index in [4.69, 9.17) is 0 Å². The number of thiophene rings is 1. The first kappa shape index (κ1) is 14.7. The van der Waals surface area contributed by atoms with E-state index in [1.54, 1.807) is 17.5 Å². The van der Waals surface area contributed by atoms with Crippen LogP contribution in [0.4, 0.5) is 4.79 Å². The van der Waals surface area contributed by atoms with Crippen LogP contribution in [0.1, 0.15) is 10.4 Å². The molecule has 1 aliphatic rings. The molecule has 1 atom stereocenters. The molecule has 3 amide bonds. The van der Waals surface area contributed by atoms with Gasteiger partial charge in [0.15, 0.2) is 5.54 Å². The predicted molar refractivity (Wildman–Crippen MR) is 78.0 cm³/mol. The number of carbonyl (C=O) groups excluding carboxylic acids is 2. The summed E-state index contributed by atoms with van der Waals surface area (Å²) in [6, 6.07) is 7.99. The summed E-state index contributed by atoms with van der Waals surface area (Å²) in [5, 5.41) is 6.44. The molecule has 0 aliphatic carbocycles. The Morgan fingerprint density at radius 1 is 1.14 bits per heavy atom. The van der Waals surface area contributed by atoms with Crippen LogP contribution in [-0.2, 0) is 20.5 Å². The van der Waals surface area contributed by atoms with E-state index in [0.717, 1.165) is 0 Å². The van der Waals surface area contributed by atoms with E-state index in [2.05, 4.69) is 10.6 Å². The van der Waals surface area contributed by atoms with Crippen molar-refractivity contribution in [3.63, 3.8) is 0 Å². The van der Waals surface area contributed by atoms with Gasteiger partial charge < -0.3 is 5.32 Å². The highest BCUT2D eigenvalue weighted by atomic mass is 32.2. The number of amides is 3. The maximum absolute atomic E-state index is 12.4. The number of urea groups is 1. The molecular weight excluding hydrogens is 328 g/mol. The zero-order valence-electron chi connectivity index (χ0n) is 10.9. The average molecular weight is 338 g/mol. The maximum atomic E-state index is 12.4. The topological polar surface area (TPSA) is 113 Å². The van der Waals surface area contributed by atoms with Crippen molar-refractivity contribution >= 4 is 33.4 Å². The summed E-state index contributed by atoms with van der Waals surface area (Å²) in [6.07, 6.45) is 0. The second-order valence-corrected chi connectivity index (χ2v) is 7.01. The van der Waals surface area contributed by atoms with Gasteiger partial charge in [0.2, 0.25) is 0 Å². The van der Waals surface area contributed by atoms with Crippen LogP contribution in [0.5, 0.6) is 0 Å². The third-order valence-corrected chi connectivity index (χ3v) is 5.16. The van der Waals surface area contributed by atoms with Crippen molar-refractivity contribution in [1.82, 2.24) is 10.6 Å². The van der Waals surface area contributed by atoms with Crippen LogP contribution in [0.3, 0.4) is 0 Å². The molecule has 0 spiro atoms. The molecule has 1 fully saturated rings. The highest BCUT2D eigenvalue weighted by molar-refractivity contribution is 7.85. The van der Waals surface area contributed by atoms with E-state index in [9.17, 15) is 22.6 Å². The van der Waals surface area contributed by atoms with Gasteiger partial charge in [0.1, 0.15) is 0 Å². The number of carbonyl (C=O) groups is 2. The molecule has 1 unspecified atom stereocenters. The van der Waals surface area contributed by atoms with Gasteiger partial charge in [-0.15, -0.1) is 11.3 Å². The Hall–Kier alpha value is -2.23. The lowest BCUT2D eigenvalue weighted by Crippen LogP contribution is -2.44. The first-order chi connectivity index (χ1) is 10.3. The SMILES string of the molecule is O=C1NC(=O)C(c2cccc(S(=O)(=O)O)c2)(c2cccs2)N1. The quantitative estimate of drug-likeness (QED) is 0.572. The van der Waals surface area contributed by atoms with Crippen LogP contribution in [0, 0.1) is 0 Å². The Balaban J connectivity index is 2.25. The number of hydrogen-bond donors (Lipinski definition) is 3. The van der Waals surface area contributed by atoms with E-state index in [1.807, 2.05) is 0 Å². The molecule has 1 aromatic heterocycles. The largest absolute Gasteiger partial charge is 0.322 e. The van der Waals surface area contributed by atoms with Crippen LogP contribution in [0.25, 0.3) is 0 Å². The number of hydrogen-bond acceptors (Lipinski definition) is 5. The van der Waals surface area contributed by atoms with Gasteiger partial charge >= 0.3 is 6.03 Å². The third-order valence-electron chi connectivity index (χ3n) is 3.32. The minimum Gasteiger partial charge on any atom is -0.315 e. The van der Waals surface area contributed by atoms with Crippen molar-refractivity contribution in [3.8, 4) is 0 Å². The van der Waals surface area contributed by atoms with E-state index in [1.165, 1.54) is 35.6 Å². The van der Waals surface area contributed by atoms with Crippen LogP contribution in [0.2, 0.25) is 0 Å². The highest BCUT2D eigenvalue weighted by Crippen LogP contribution is 2.36. The van der Waals surface area contributed by atoms with Gasteiger partial charge in [-0.25, -0.2) is 4.79 Å². The number of nitrogens with one attached hydrogen (secondary N) is 2. The number of imide groups is 1. The normalized spacial score (nSPS) is 21.5. The van der Waals surface area contributed by atoms with Crippen molar-refractivity contribution in [1.29, 1.82) is 0 Å². The fourth-order valence-electron chi connectivity index (χ4n) is 2.36. The molecule has 1 aliphatic heterocycles. The smallest absolute Gasteiger partial charge is 0.315 e. The van der Waals surface area contributed by atoms with Crippen LogP contribution in [0.15, 0.2) is 46.7 Å². The molecule has 0 saturated carbocycles. The molecule has 2 aromatic rings. The van der Waals surface area contributed by atoms with Gasteiger partial charge in [-0.2, -0.15) is 8.42 Å². The molecule has 3 N–H and O–H groups in total. The molecule has 22 heavy (non-hydrogen) atoms. The summed E-state index contributed by atoms with van der Waals surface area (Å²) in [5.74, 6) is -0.604. The minimum atomic E-state index is -4.42. The Kier molecular flexibility index (Phi) is 3.28. The Bertz CT molecular complexity index is 860. The summed E-state index contributed by atoms with van der Waals surface area (Å²) in [7, 11) is -4.42. The second-order valence-electron chi connectivity index (χ2n) is 4.64. The number of rotatable bonds is 3. The fraction of sp³-hybridized carbons (Fsp3) is 0.0769. The van der Waals surface area contributed by atoms with E-state index in [0.29, 0.717) is 4.88 Å². The molecule has 0 bridgehead atoms. The summed E-state index contributed by atoms with van der Waals surface area (Å²) in [6.45, 7) is 0. The van der Waals surface area contributed by atoms with Crippen LogP contribution >= 0.6 is 11.3 Å². The third kappa shape index (κ3) is 2.19. The van der Waals surface area contributed by atoms with Gasteiger partial charge in [-0.1, -0.05) is 18.2 Å². The first-order valence-electron chi connectivity index (χ1n) is 6.09. The Morgan fingerprint density at radius 2 is 1.91 bits per heavy atom. The zero-order chi connectivity index (χ0) is 16.0. The average Bonchev–Trinajstić information content (AvgIpc) is 3.06. The first-order valence-corrected chi connectivity index (χ1v) is 8.41. The summed E-state index contributed by atoms with van der Waals surface area (Å²) in [4.78, 5) is 24.2. The predicted octanol–water partition coefficient (Wildman–Crippen LogP) is 1.08. The Morgan fingerprint density at radius 3 is 2.45 bits per heavy atom. The lowest BCUT2D eigenvalue weighted by atomic mass is 9.88. The zero-order valence-corrected chi connectivity index (χ0v) is 12.6. The Labute approximate surface area is 129 Å². The summed E-state index contributed by atoms with van der Waals surface area (Å²) < 4.78 is 31.8. The van der Waals surface area contributed by atoms with E-state index >= 15 is 0 Å². The monoisotopic (exact) mass is 338 g/mol. The highest BCUT2D eigenvalue weighted by Gasteiger charge is 2.50. The molecular formula is C13H10N2O5S2. The minimum absolute atomic E-state index is 0.244. The van der Waals surface area contributed by atoms with Crippen molar-refractivity contribution < 1.29 is 22.6 Å². The molecule has 1 saturated heterocycles. The van der Waals surface area contributed by atoms with Gasteiger partial charge in [0.05, 0.1) is 4.90 Å². The van der Waals surface area contributed by atoms with Gasteiger partial charge in [-0.05, 0) is 29.1 Å². The molecule has 9 heteroatoms. The van der Waals surface area contributed by atoms with Crippen molar-refractivity contribution in [3.05, 3.63) is 52.2 Å². The van der Waals surface area contributed by atoms with Gasteiger partial charge in [0.25, 0.3) is 16.0 Å². The van der Waals surface area contributed by atoms with Gasteiger partial charge in [0, 0.05) is 4.88 Å².